The summed E-state index contributed by atoms with van der Waals surface area (Å²) in [6.45, 7) is 1.84. The van der Waals surface area contributed by atoms with E-state index in [2.05, 4.69) is 20.7 Å². The normalized spacial score (nSPS) is 22.2. The number of nitrogens with zero attached hydrogens (tertiary/aromatic N) is 4. The molecule has 0 saturated heterocycles. The number of hydrogen-bond acceptors (Lipinski definition) is 6. The van der Waals surface area contributed by atoms with E-state index in [1.54, 1.807) is 10.9 Å². The Balaban J connectivity index is 2.49. The molecule has 0 radical (unpaired) electrons. The molecule has 0 saturated carbocycles. The first-order chi connectivity index (χ1) is 6.20. The Kier molecular flexibility index (Phi) is 1.74. The Bertz CT molecular complexity index is 339. The predicted molar refractivity (Wildman–Crippen MR) is 45.7 cm³/mol. The highest BCUT2D eigenvalue weighted by atomic mass is 15.5. The summed E-state index contributed by atoms with van der Waals surface area (Å²) in [4.78, 5) is 4.10. The number of fused-ring (bicyclic) bond motifs is 1. The molecule has 2 rings (SSSR count). The zero-order valence-corrected chi connectivity index (χ0v) is 7.18. The molecular formula is C6H11N7. The minimum Gasteiger partial charge on any atom is -0.311 e. The van der Waals surface area contributed by atoms with Crippen LogP contribution in [0.4, 0.5) is 5.82 Å². The minimum atomic E-state index is -0.396. The molecule has 2 unspecified atom stereocenters. The van der Waals surface area contributed by atoms with Gasteiger partial charge in [-0.05, 0) is 6.92 Å². The van der Waals surface area contributed by atoms with Crippen LogP contribution in [0.2, 0.25) is 0 Å². The number of nitrogens with one attached hydrogen (secondary N) is 1. The molecule has 0 aromatic carbocycles. The van der Waals surface area contributed by atoms with Crippen molar-refractivity contribution in [2.45, 2.75) is 19.3 Å². The zero-order chi connectivity index (χ0) is 9.42. The molecule has 13 heavy (non-hydrogen) atoms. The molecule has 70 valence electrons. The summed E-state index contributed by atoms with van der Waals surface area (Å²) in [5.41, 5.74) is 14.6. The third kappa shape index (κ3) is 1.18. The molecule has 1 aliphatic rings. The highest BCUT2D eigenvalue weighted by Gasteiger charge is 2.21. The van der Waals surface area contributed by atoms with Crippen LogP contribution in [-0.2, 0) is 0 Å². The molecule has 1 aromatic heterocycles. The average Bonchev–Trinajstić information content (AvgIpc) is 2.48. The summed E-state index contributed by atoms with van der Waals surface area (Å²) in [7, 11) is 0. The van der Waals surface area contributed by atoms with E-state index < -0.39 is 6.17 Å². The van der Waals surface area contributed by atoms with Crippen LogP contribution in [0.3, 0.4) is 0 Å². The van der Waals surface area contributed by atoms with Gasteiger partial charge in [-0.2, -0.15) is 0 Å². The molecule has 5 N–H and O–H groups in total. The molecule has 1 aromatic rings. The van der Waals surface area contributed by atoms with Crippen molar-refractivity contribution in [2.24, 2.45) is 21.8 Å². The molecule has 0 bridgehead atoms. The molecule has 0 spiro atoms. The van der Waals surface area contributed by atoms with Crippen LogP contribution in [0.1, 0.15) is 24.9 Å². The number of nitrogens with two attached hydrogens (primary N) is 2. The molecule has 1 aliphatic heterocycles. The zero-order valence-electron chi connectivity index (χ0n) is 7.18. The second kappa shape index (κ2) is 2.79. The largest absolute Gasteiger partial charge is 0.311 e. The van der Waals surface area contributed by atoms with E-state index in [1.165, 1.54) is 0 Å². The van der Waals surface area contributed by atoms with Crippen molar-refractivity contribution in [3.05, 3.63) is 12.0 Å². The van der Waals surface area contributed by atoms with Crippen LogP contribution in [0.25, 0.3) is 0 Å². The van der Waals surface area contributed by atoms with Gasteiger partial charge < -0.3 is 11.5 Å². The van der Waals surface area contributed by atoms with Gasteiger partial charge in [0.15, 0.2) is 5.82 Å². The van der Waals surface area contributed by atoms with Crippen molar-refractivity contribution < 1.29 is 0 Å². The van der Waals surface area contributed by atoms with Gasteiger partial charge in [0.1, 0.15) is 11.9 Å². The van der Waals surface area contributed by atoms with Crippen LogP contribution >= 0.6 is 0 Å². The number of rotatable bonds is 1. The fourth-order valence-corrected chi connectivity index (χ4v) is 1.19. The molecule has 7 heteroatoms. The van der Waals surface area contributed by atoms with Crippen LogP contribution in [0, 0.1) is 0 Å². The van der Waals surface area contributed by atoms with E-state index in [4.69, 9.17) is 11.5 Å². The minimum absolute atomic E-state index is 0.180. The lowest BCUT2D eigenvalue weighted by atomic mass is 10.3. The van der Waals surface area contributed by atoms with Crippen LogP contribution in [0.5, 0.6) is 0 Å². The highest BCUT2D eigenvalue weighted by Crippen LogP contribution is 2.26. The topological polar surface area (TPSA) is 107 Å². The second-order valence-electron chi connectivity index (χ2n) is 2.91. The SMILES string of the molecule is CC(N)n1cnc2c1N=NNC2N. The molecule has 2 atom stereocenters. The lowest BCUT2D eigenvalue weighted by Crippen LogP contribution is -2.26. The van der Waals surface area contributed by atoms with E-state index in [-0.39, 0.29) is 6.17 Å². The maximum absolute atomic E-state index is 5.69. The van der Waals surface area contributed by atoms with Gasteiger partial charge in [-0.3, -0.25) is 9.99 Å². The summed E-state index contributed by atoms with van der Waals surface area (Å²) >= 11 is 0. The summed E-state index contributed by atoms with van der Waals surface area (Å²) in [5.74, 6) is 0.626. The third-order valence-electron chi connectivity index (χ3n) is 1.87. The Labute approximate surface area is 74.8 Å². The van der Waals surface area contributed by atoms with Crippen LogP contribution < -0.4 is 16.9 Å². The van der Waals surface area contributed by atoms with E-state index in [0.717, 1.165) is 0 Å². The predicted octanol–water partition coefficient (Wildman–Crippen LogP) is -0.0805. The summed E-state index contributed by atoms with van der Waals surface area (Å²) in [5, 5.41) is 7.53. The van der Waals surface area contributed by atoms with Gasteiger partial charge in [0.2, 0.25) is 0 Å². The van der Waals surface area contributed by atoms with Crippen LogP contribution in [0.15, 0.2) is 16.7 Å². The van der Waals surface area contributed by atoms with Crippen molar-refractivity contribution >= 4 is 5.82 Å². The summed E-state index contributed by atoms with van der Waals surface area (Å²) < 4.78 is 1.72. The third-order valence-corrected chi connectivity index (χ3v) is 1.87. The van der Waals surface area contributed by atoms with Crippen molar-refractivity contribution in [3.8, 4) is 0 Å². The van der Waals surface area contributed by atoms with Crippen molar-refractivity contribution in [2.75, 3.05) is 0 Å². The molecule has 0 aliphatic carbocycles. The van der Waals surface area contributed by atoms with Gasteiger partial charge in [0, 0.05) is 0 Å². The summed E-state index contributed by atoms with van der Waals surface area (Å²) in [6, 6.07) is 0. The lowest BCUT2D eigenvalue weighted by Gasteiger charge is -2.15. The van der Waals surface area contributed by atoms with Gasteiger partial charge in [-0.15, -0.1) is 5.11 Å². The monoisotopic (exact) mass is 181 g/mol. The van der Waals surface area contributed by atoms with E-state index in [9.17, 15) is 0 Å². The summed E-state index contributed by atoms with van der Waals surface area (Å²) in [6.07, 6.45) is 1.04. The average molecular weight is 181 g/mol. The molecule has 2 heterocycles. The van der Waals surface area contributed by atoms with Gasteiger partial charge in [0.05, 0.1) is 12.5 Å². The Morgan fingerprint density at radius 2 is 2.46 bits per heavy atom. The molecule has 0 amide bonds. The fraction of sp³-hybridized carbons (Fsp3) is 0.500. The number of imidazole rings is 1. The van der Waals surface area contributed by atoms with E-state index in [0.29, 0.717) is 11.5 Å². The highest BCUT2D eigenvalue weighted by molar-refractivity contribution is 5.37. The van der Waals surface area contributed by atoms with Crippen molar-refractivity contribution in [1.29, 1.82) is 0 Å². The fourth-order valence-electron chi connectivity index (χ4n) is 1.19. The Morgan fingerprint density at radius 3 is 3.15 bits per heavy atom. The van der Waals surface area contributed by atoms with Gasteiger partial charge >= 0.3 is 0 Å². The van der Waals surface area contributed by atoms with Gasteiger partial charge in [-0.25, -0.2) is 4.98 Å². The smallest absolute Gasteiger partial charge is 0.184 e. The van der Waals surface area contributed by atoms with Crippen LogP contribution in [-0.4, -0.2) is 9.55 Å². The molecular weight excluding hydrogens is 170 g/mol. The van der Waals surface area contributed by atoms with Crippen molar-refractivity contribution in [3.63, 3.8) is 0 Å². The van der Waals surface area contributed by atoms with Crippen molar-refractivity contribution in [1.82, 2.24) is 15.0 Å². The van der Waals surface area contributed by atoms with Gasteiger partial charge in [-0.1, -0.05) is 5.22 Å². The Morgan fingerprint density at radius 1 is 1.69 bits per heavy atom. The number of hydrogen-bond donors (Lipinski definition) is 3. The Hall–Kier alpha value is -1.47. The van der Waals surface area contributed by atoms with E-state index >= 15 is 0 Å². The van der Waals surface area contributed by atoms with Gasteiger partial charge in [0.25, 0.3) is 0 Å². The lowest BCUT2D eigenvalue weighted by molar-refractivity contribution is 0.511. The quantitative estimate of drug-likeness (QED) is 0.563. The maximum Gasteiger partial charge on any atom is 0.184 e. The first-order valence-electron chi connectivity index (χ1n) is 3.94. The van der Waals surface area contributed by atoms with E-state index in [1.807, 2.05) is 6.92 Å². The molecule has 0 fully saturated rings. The standard InChI is InChI=1S/C6H11N7/c1-3(7)13-2-9-4-5(8)10-12-11-6(4)13/h2-3,5H,7-8H2,1H3,(H,10,11). The second-order valence-corrected chi connectivity index (χ2v) is 2.91. The first-order valence-corrected chi connectivity index (χ1v) is 3.94. The first kappa shape index (κ1) is 8.14. The maximum atomic E-state index is 5.69. The number of aromatic nitrogens is 2. The molecule has 7 nitrogen and oxygen atoms in total.